The summed E-state index contributed by atoms with van der Waals surface area (Å²) in [6.07, 6.45) is 0. The molecule has 34 heavy (non-hydrogen) atoms. The van der Waals surface area contributed by atoms with E-state index in [-0.39, 0.29) is 16.2 Å². The fourth-order valence-electron chi connectivity index (χ4n) is 3.88. The maximum absolute atomic E-state index is 13.3. The highest BCUT2D eigenvalue weighted by atomic mass is 35.5. The van der Waals surface area contributed by atoms with Crippen LogP contribution in [0.1, 0.15) is 22.7 Å². The smallest absolute Gasteiger partial charge is 0.300 e. The van der Waals surface area contributed by atoms with Crippen molar-refractivity contribution in [2.24, 2.45) is 0 Å². The number of hydrogen-bond donors (Lipinski definition) is 1. The Morgan fingerprint density at radius 3 is 2.32 bits per heavy atom. The second-order valence-electron chi connectivity index (χ2n) is 7.45. The first-order valence-corrected chi connectivity index (χ1v) is 10.6. The predicted octanol–water partition coefficient (Wildman–Crippen LogP) is 4.86. The van der Waals surface area contributed by atoms with Gasteiger partial charge in [-0.3, -0.25) is 14.5 Å². The van der Waals surface area contributed by atoms with Gasteiger partial charge in [-0.25, -0.2) is 0 Å². The molecule has 3 aromatic rings. The zero-order chi connectivity index (χ0) is 24.4. The van der Waals surface area contributed by atoms with Crippen LogP contribution in [0.15, 0.2) is 72.3 Å². The highest BCUT2D eigenvalue weighted by Gasteiger charge is 2.47. The number of rotatable bonds is 5. The van der Waals surface area contributed by atoms with Gasteiger partial charge in [-0.15, -0.1) is 0 Å². The van der Waals surface area contributed by atoms with Gasteiger partial charge in [0.2, 0.25) is 0 Å². The summed E-state index contributed by atoms with van der Waals surface area (Å²) < 4.78 is 10.6. The minimum Gasteiger partial charge on any atom is -0.507 e. The number of halogens is 1. The second-order valence-corrected chi connectivity index (χ2v) is 7.86. The lowest BCUT2D eigenvalue weighted by Crippen LogP contribution is -2.29. The van der Waals surface area contributed by atoms with Gasteiger partial charge in [-0.1, -0.05) is 23.7 Å². The molecule has 7 nitrogen and oxygen atoms in total. The van der Waals surface area contributed by atoms with E-state index in [1.54, 1.807) is 54.6 Å². The summed E-state index contributed by atoms with van der Waals surface area (Å²) in [6, 6.07) is 18.8. The largest absolute Gasteiger partial charge is 0.507 e. The minimum atomic E-state index is -0.967. The number of aliphatic hydroxyl groups excluding tert-OH is 1. The van der Waals surface area contributed by atoms with Crippen LogP contribution in [0.5, 0.6) is 11.5 Å². The number of anilines is 1. The highest BCUT2D eigenvalue weighted by Crippen LogP contribution is 2.44. The molecule has 1 aliphatic heterocycles. The van der Waals surface area contributed by atoms with Crippen LogP contribution in [0.4, 0.5) is 5.69 Å². The van der Waals surface area contributed by atoms with Crippen LogP contribution >= 0.6 is 11.6 Å². The number of nitriles is 1. The van der Waals surface area contributed by atoms with Crippen LogP contribution in [0, 0.1) is 11.3 Å². The lowest BCUT2D eigenvalue weighted by molar-refractivity contribution is -0.132. The van der Waals surface area contributed by atoms with Crippen molar-refractivity contribution in [1.29, 1.82) is 5.26 Å². The van der Waals surface area contributed by atoms with Gasteiger partial charge < -0.3 is 14.6 Å². The summed E-state index contributed by atoms with van der Waals surface area (Å²) in [7, 11) is 2.97. The summed E-state index contributed by atoms with van der Waals surface area (Å²) in [5.41, 5.74) is 1.37. The van der Waals surface area contributed by atoms with Crippen molar-refractivity contribution in [3.05, 3.63) is 94.0 Å². The number of ether oxygens (including phenoxy) is 2. The van der Waals surface area contributed by atoms with Crippen LogP contribution in [0.3, 0.4) is 0 Å². The van der Waals surface area contributed by atoms with E-state index in [1.165, 1.54) is 31.3 Å². The molecule has 4 rings (SSSR count). The molecule has 0 saturated carbocycles. The summed E-state index contributed by atoms with van der Waals surface area (Å²) in [5.74, 6) is -1.18. The molecule has 1 atom stereocenters. The number of methoxy groups -OCH3 is 2. The summed E-state index contributed by atoms with van der Waals surface area (Å²) in [4.78, 5) is 27.8. The van der Waals surface area contributed by atoms with Crippen LogP contribution in [0.25, 0.3) is 5.76 Å². The third-order valence-corrected chi connectivity index (χ3v) is 5.89. The van der Waals surface area contributed by atoms with E-state index in [0.717, 1.165) is 0 Å². The van der Waals surface area contributed by atoms with E-state index in [1.807, 2.05) is 6.07 Å². The molecule has 170 valence electrons. The van der Waals surface area contributed by atoms with E-state index in [9.17, 15) is 14.7 Å². The van der Waals surface area contributed by atoms with Gasteiger partial charge in [-0.05, 0) is 60.2 Å². The summed E-state index contributed by atoms with van der Waals surface area (Å²) in [6.45, 7) is 0. The average molecular weight is 475 g/mol. The van der Waals surface area contributed by atoms with Crippen molar-refractivity contribution in [1.82, 2.24) is 0 Å². The van der Waals surface area contributed by atoms with Gasteiger partial charge in [-0.2, -0.15) is 5.26 Å². The third kappa shape index (κ3) is 3.96. The van der Waals surface area contributed by atoms with E-state index >= 15 is 0 Å². The number of nitrogens with zero attached hydrogens (tertiary/aromatic N) is 2. The first-order valence-electron chi connectivity index (χ1n) is 10.2. The van der Waals surface area contributed by atoms with Gasteiger partial charge in [0.1, 0.15) is 17.3 Å². The Hall–Kier alpha value is -4.28. The number of carbonyl (C=O) groups is 2. The lowest BCUT2D eigenvalue weighted by Gasteiger charge is -2.26. The molecule has 0 aromatic heterocycles. The molecule has 0 radical (unpaired) electrons. The van der Waals surface area contributed by atoms with Crippen molar-refractivity contribution in [2.45, 2.75) is 6.04 Å². The Morgan fingerprint density at radius 1 is 1.00 bits per heavy atom. The molecular formula is C26H19ClN2O5. The van der Waals surface area contributed by atoms with Gasteiger partial charge in [0.25, 0.3) is 11.7 Å². The van der Waals surface area contributed by atoms with Crippen LogP contribution < -0.4 is 14.4 Å². The van der Waals surface area contributed by atoms with Crippen LogP contribution in [-0.2, 0) is 9.59 Å². The van der Waals surface area contributed by atoms with Crippen LogP contribution in [0.2, 0.25) is 5.02 Å². The maximum Gasteiger partial charge on any atom is 0.300 e. The molecule has 8 heteroatoms. The molecule has 3 aromatic carbocycles. The molecule has 1 saturated heterocycles. The standard InChI is InChI=1S/C26H19ClN2O5/c1-33-18-5-3-4-16(12-18)23-22(24(30)20-13-19(34-2)10-11-21(20)27)25(31)26(32)29(23)17-8-6-15(14-28)7-9-17/h3-13,23,30H,1-2H3/b24-22+. The molecule has 1 aliphatic rings. The SMILES string of the molecule is COc1cccc(C2/C(=C(\O)c3cc(OC)ccc3Cl)C(=O)C(=O)N2c2ccc(C#N)cc2)c1. The molecule has 0 spiro atoms. The van der Waals surface area contributed by atoms with E-state index < -0.39 is 23.5 Å². The number of hydrogen-bond acceptors (Lipinski definition) is 6. The van der Waals surface area contributed by atoms with E-state index in [0.29, 0.717) is 28.3 Å². The number of benzene rings is 3. The van der Waals surface area contributed by atoms with Crippen molar-refractivity contribution < 1.29 is 24.2 Å². The molecule has 1 N–H and O–H groups in total. The minimum absolute atomic E-state index is 0.127. The van der Waals surface area contributed by atoms with E-state index in [2.05, 4.69) is 0 Å². The monoisotopic (exact) mass is 474 g/mol. The topological polar surface area (TPSA) is 99.9 Å². The Balaban J connectivity index is 1.97. The number of aliphatic hydroxyl groups is 1. The zero-order valence-electron chi connectivity index (χ0n) is 18.3. The number of amides is 1. The van der Waals surface area contributed by atoms with Crippen molar-refractivity contribution in [2.75, 3.05) is 19.1 Å². The molecule has 1 unspecified atom stereocenters. The lowest BCUT2D eigenvalue weighted by atomic mass is 9.94. The highest BCUT2D eigenvalue weighted by molar-refractivity contribution is 6.52. The molecule has 0 aliphatic carbocycles. The predicted molar refractivity (Wildman–Crippen MR) is 127 cm³/mol. The van der Waals surface area contributed by atoms with Gasteiger partial charge in [0.15, 0.2) is 0 Å². The fraction of sp³-hybridized carbons (Fsp3) is 0.115. The van der Waals surface area contributed by atoms with Crippen molar-refractivity contribution >= 4 is 34.7 Å². The average Bonchev–Trinajstić information content (AvgIpc) is 3.14. The van der Waals surface area contributed by atoms with Gasteiger partial charge >= 0.3 is 0 Å². The maximum atomic E-state index is 13.3. The van der Waals surface area contributed by atoms with Crippen molar-refractivity contribution in [3.63, 3.8) is 0 Å². The third-order valence-electron chi connectivity index (χ3n) is 5.56. The molecule has 1 amide bonds. The molecule has 1 fully saturated rings. The Kier molecular flexibility index (Phi) is 6.26. The molecular weight excluding hydrogens is 456 g/mol. The zero-order valence-corrected chi connectivity index (χ0v) is 19.0. The molecule has 1 heterocycles. The number of carbonyl (C=O) groups excluding carboxylic acids is 2. The number of ketones is 1. The summed E-state index contributed by atoms with van der Waals surface area (Å²) >= 11 is 6.33. The summed E-state index contributed by atoms with van der Waals surface area (Å²) in [5, 5.41) is 20.6. The Bertz CT molecular complexity index is 1360. The normalized spacial score (nSPS) is 16.9. The fourth-order valence-corrected chi connectivity index (χ4v) is 4.09. The number of Topliss-reactive ketones (excluding diaryl/α,β-unsaturated/α-hetero) is 1. The van der Waals surface area contributed by atoms with Crippen LogP contribution in [-0.4, -0.2) is 31.0 Å². The quantitative estimate of drug-likeness (QED) is 0.322. The molecule has 0 bridgehead atoms. The second kappa shape index (κ2) is 9.30. The van der Waals surface area contributed by atoms with Crippen molar-refractivity contribution in [3.8, 4) is 17.6 Å². The van der Waals surface area contributed by atoms with Gasteiger partial charge in [0.05, 0.1) is 42.5 Å². The Labute approximate surface area is 201 Å². The Morgan fingerprint density at radius 2 is 1.68 bits per heavy atom. The van der Waals surface area contributed by atoms with E-state index in [4.69, 9.17) is 26.3 Å². The first-order chi connectivity index (χ1) is 16.4. The van der Waals surface area contributed by atoms with Gasteiger partial charge in [0, 0.05) is 11.3 Å². The first kappa shape index (κ1) is 22.9.